The highest BCUT2D eigenvalue weighted by molar-refractivity contribution is 7.99. The highest BCUT2D eigenvalue weighted by Gasteiger charge is 2.25. The SMILES string of the molecule is CCOC(=O)c1cccc(NC(=O)CSc2nnc([C@H](CC(C)C)NC(=O)c3ccc(Cl)cc3Cl)n2CC)c1. The molecule has 0 saturated carbocycles. The number of amides is 2. The molecule has 2 N–H and O–H groups in total. The number of esters is 1. The first-order chi connectivity index (χ1) is 18.6. The smallest absolute Gasteiger partial charge is 0.338 e. The van der Waals surface area contributed by atoms with Gasteiger partial charge in [0.05, 0.1) is 34.6 Å². The second kappa shape index (κ2) is 14.3. The van der Waals surface area contributed by atoms with Gasteiger partial charge in [-0.3, -0.25) is 9.59 Å². The van der Waals surface area contributed by atoms with Gasteiger partial charge in [0, 0.05) is 17.3 Å². The third-order valence-electron chi connectivity index (χ3n) is 5.55. The number of rotatable bonds is 12. The molecule has 12 heteroatoms. The molecule has 9 nitrogen and oxygen atoms in total. The van der Waals surface area contributed by atoms with Crippen molar-refractivity contribution in [2.45, 2.75) is 51.9 Å². The lowest BCUT2D eigenvalue weighted by atomic mass is 10.0. The van der Waals surface area contributed by atoms with Crippen LogP contribution in [0.5, 0.6) is 0 Å². The Bertz CT molecular complexity index is 1330. The molecule has 2 amide bonds. The van der Waals surface area contributed by atoms with Gasteiger partial charge >= 0.3 is 5.97 Å². The molecule has 39 heavy (non-hydrogen) atoms. The highest BCUT2D eigenvalue weighted by atomic mass is 35.5. The van der Waals surface area contributed by atoms with Crippen molar-refractivity contribution < 1.29 is 19.1 Å². The van der Waals surface area contributed by atoms with E-state index >= 15 is 0 Å². The number of nitrogens with one attached hydrogen (secondary N) is 2. The lowest BCUT2D eigenvalue weighted by Gasteiger charge is -2.21. The zero-order chi connectivity index (χ0) is 28.5. The first-order valence-corrected chi connectivity index (χ1v) is 14.3. The Morgan fingerprint density at radius 3 is 2.51 bits per heavy atom. The van der Waals surface area contributed by atoms with Crippen LogP contribution in [0.15, 0.2) is 47.6 Å². The van der Waals surface area contributed by atoms with E-state index in [1.54, 1.807) is 43.3 Å². The van der Waals surface area contributed by atoms with E-state index < -0.39 is 12.0 Å². The quantitative estimate of drug-likeness (QED) is 0.195. The number of carbonyl (C=O) groups is 3. The molecule has 0 aliphatic heterocycles. The molecule has 1 aromatic heterocycles. The zero-order valence-corrected chi connectivity index (χ0v) is 24.5. The standard InChI is InChI=1S/C27H31Cl2N5O4S/c1-5-34-24(22(12-16(3)4)31-25(36)20-11-10-18(28)14-21(20)29)32-33-27(34)39-15-23(35)30-19-9-7-8-17(13-19)26(37)38-6-2/h7-11,13-14,16,22H,5-6,12,15H2,1-4H3,(H,30,35)(H,31,36)/t22-/m0/s1. The van der Waals surface area contributed by atoms with Gasteiger partial charge in [-0.1, -0.05) is 54.9 Å². The maximum Gasteiger partial charge on any atom is 0.338 e. The number of ether oxygens (including phenoxy) is 1. The van der Waals surface area contributed by atoms with Crippen LogP contribution in [0.25, 0.3) is 0 Å². The van der Waals surface area contributed by atoms with E-state index in [4.69, 9.17) is 27.9 Å². The predicted octanol–water partition coefficient (Wildman–Crippen LogP) is 6.03. The molecular weight excluding hydrogens is 561 g/mol. The Morgan fingerprint density at radius 1 is 1.08 bits per heavy atom. The summed E-state index contributed by atoms with van der Waals surface area (Å²) in [5.74, 6) is -0.138. The van der Waals surface area contributed by atoms with E-state index in [9.17, 15) is 14.4 Å². The third kappa shape index (κ3) is 8.45. The summed E-state index contributed by atoms with van der Waals surface area (Å²) in [6.07, 6.45) is 0.622. The fourth-order valence-electron chi connectivity index (χ4n) is 3.84. The van der Waals surface area contributed by atoms with Gasteiger partial charge in [-0.25, -0.2) is 4.79 Å². The van der Waals surface area contributed by atoms with Crippen LogP contribution in [0.1, 0.15) is 66.7 Å². The van der Waals surface area contributed by atoms with Gasteiger partial charge in [0.15, 0.2) is 11.0 Å². The van der Waals surface area contributed by atoms with E-state index in [-0.39, 0.29) is 35.1 Å². The van der Waals surface area contributed by atoms with Crippen molar-refractivity contribution >= 4 is 58.4 Å². The summed E-state index contributed by atoms with van der Waals surface area (Å²) in [7, 11) is 0. The number of benzene rings is 2. The first kappa shape index (κ1) is 30.5. The molecule has 0 spiro atoms. The Morgan fingerprint density at radius 2 is 1.85 bits per heavy atom. The average Bonchev–Trinajstić information content (AvgIpc) is 3.30. The van der Waals surface area contributed by atoms with Crippen molar-refractivity contribution in [2.75, 3.05) is 17.7 Å². The molecule has 0 aliphatic carbocycles. The van der Waals surface area contributed by atoms with Crippen LogP contribution < -0.4 is 10.6 Å². The van der Waals surface area contributed by atoms with Crippen LogP contribution in [0.4, 0.5) is 5.69 Å². The first-order valence-electron chi connectivity index (χ1n) is 12.5. The monoisotopic (exact) mass is 591 g/mol. The molecule has 0 radical (unpaired) electrons. The topological polar surface area (TPSA) is 115 Å². The largest absolute Gasteiger partial charge is 0.462 e. The van der Waals surface area contributed by atoms with Crippen LogP contribution in [-0.4, -0.2) is 44.9 Å². The lowest BCUT2D eigenvalue weighted by Crippen LogP contribution is -2.32. The van der Waals surface area contributed by atoms with Gasteiger partial charge in [-0.05, 0) is 62.6 Å². The molecule has 0 aliphatic rings. The molecule has 1 heterocycles. The van der Waals surface area contributed by atoms with Gasteiger partial charge in [0.1, 0.15) is 0 Å². The fourth-order valence-corrected chi connectivity index (χ4v) is 5.14. The normalized spacial score (nSPS) is 11.8. The predicted molar refractivity (Wildman–Crippen MR) is 154 cm³/mol. The number of halogens is 2. The number of aromatic nitrogens is 3. The second-order valence-corrected chi connectivity index (χ2v) is 10.8. The van der Waals surface area contributed by atoms with Crippen LogP contribution in [-0.2, 0) is 16.1 Å². The molecular formula is C27H31Cl2N5O4S. The van der Waals surface area contributed by atoms with Crippen LogP contribution in [0.2, 0.25) is 10.0 Å². The fraction of sp³-hybridized carbons (Fsp3) is 0.370. The summed E-state index contributed by atoms with van der Waals surface area (Å²) in [6.45, 7) is 8.59. The van der Waals surface area contributed by atoms with E-state index in [0.717, 1.165) is 0 Å². The van der Waals surface area contributed by atoms with Gasteiger partial charge in [0.25, 0.3) is 5.91 Å². The minimum atomic E-state index is -0.451. The van der Waals surface area contributed by atoms with Crippen LogP contribution in [0.3, 0.4) is 0 Å². The van der Waals surface area contributed by atoms with Crippen molar-refractivity contribution in [3.63, 3.8) is 0 Å². The van der Waals surface area contributed by atoms with Crippen molar-refractivity contribution in [3.8, 4) is 0 Å². The minimum absolute atomic E-state index is 0.0728. The lowest BCUT2D eigenvalue weighted by molar-refractivity contribution is -0.113. The molecule has 0 fully saturated rings. The minimum Gasteiger partial charge on any atom is -0.462 e. The van der Waals surface area contributed by atoms with E-state index in [1.165, 1.54) is 17.8 Å². The summed E-state index contributed by atoms with van der Waals surface area (Å²) < 4.78 is 6.90. The Hall–Kier alpha value is -3.08. The second-order valence-electron chi connectivity index (χ2n) is 9.00. The zero-order valence-electron chi connectivity index (χ0n) is 22.2. The number of hydrogen-bond donors (Lipinski definition) is 2. The van der Waals surface area contributed by atoms with Crippen LogP contribution >= 0.6 is 35.0 Å². The maximum atomic E-state index is 13.1. The summed E-state index contributed by atoms with van der Waals surface area (Å²) >= 11 is 13.5. The molecule has 1 atom stereocenters. The number of carbonyl (C=O) groups excluding carboxylic acids is 3. The molecule has 208 valence electrons. The van der Waals surface area contributed by atoms with E-state index in [0.29, 0.717) is 45.8 Å². The Labute approximate surface area is 242 Å². The highest BCUT2D eigenvalue weighted by Crippen LogP contribution is 2.27. The summed E-state index contributed by atoms with van der Waals surface area (Å²) in [4.78, 5) is 37.7. The molecule has 0 unspecified atom stereocenters. The van der Waals surface area contributed by atoms with Crippen LogP contribution in [0, 0.1) is 5.92 Å². The number of thioether (sulfide) groups is 1. The summed E-state index contributed by atoms with van der Waals surface area (Å²) in [6, 6.07) is 10.9. The molecule has 0 saturated heterocycles. The number of hydrogen-bond acceptors (Lipinski definition) is 7. The third-order valence-corrected chi connectivity index (χ3v) is 7.07. The van der Waals surface area contributed by atoms with E-state index in [1.807, 2.05) is 11.5 Å². The average molecular weight is 593 g/mol. The van der Waals surface area contributed by atoms with Gasteiger partial charge in [-0.2, -0.15) is 0 Å². The molecule has 3 rings (SSSR count). The number of anilines is 1. The maximum absolute atomic E-state index is 13.1. The summed E-state index contributed by atoms with van der Waals surface area (Å²) in [5.41, 5.74) is 1.16. The number of nitrogens with zero attached hydrogens (tertiary/aromatic N) is 3. The van der Waals surface area contributed by atoms with E-state index in [2.05, 4.69) is 34.7 Å². The van der Waals surface area contributed by atoms with Crippen molar-refractivity contribution in [1.29, 1.82) is 0 Å². The van der Waals surface area contributed by atoms with Gasteiger partial charge in [0.2, 0.25) is 5.91 Å². The van der Waals surface area contributed by atoms with Gasteiger partial charge in [-0.15, -0.1) is 10.2 Å². The Kier molecular flexibility index (Phi) is 11.2. The molecule has 3 aromatic rings. The van der Waals surface area contributed by atoms with Crippen molar-refractivity contribution in [1.82, 2.24) is 20.1 Å². The van der Waals surface area contributed by atoms with Crippen molar-refractivity contribution in [2.24, 2.45) is 5.92 Å². The molecule has 2 aromatic carbocycles. The molecule has 0 bridgehead atoms. The van der Waals surface area contributed by atoms with Crippen molar-refractivity contribution in [3.05, 3.63) is 69.5 Å². The van der Waals surface area contributed by atoms with Gasteiger partial charge < -0.3 is 19.9 Å². The Balaban J connectivity index is 1.72. The summed E-state index contributed by atoms with van der Waals surface area (Å²) in [5, 5.41) is 15.8.